The quantitative estimate of drug-likeness (QED) is 0.933. The molecule has 2 aromatic rings. The molecule has 100 valence electrons. The van der Waals surface area contributed by atoms with E-state index in [1.54, 1.807) is 7.11 Å². The van der Waals surface area contributed by atoms with Crippen molar-refractivity contribution < 1.29 is 9.53 Å². The first-order valence-electron chi connectivity index (χ1n) is 5.94. The van der Waals surface area contributed by atoms with Gasteiger partial charge in [-0.2, -0.15) is 0 Å². The highest BCUT2D eigenvalue weighted by Crippen LogP contribution is 2.21. The lowest BCUT2D eigenvalue weighted by molar-refractivity contribution is 0.102. The van der Waals surface area contributed by atoms with Crippen molar-refractivity contribution >= 4 is 22.9 Å². The maximum atomic E-state index is 12.2. The number of amides is 1. The van der Waals surface area contributed by atoms with Gasteiger partial charge >= 0.3 is 0 Å². The monoisotopic (exact) mass is 276 g/mol. The number of nitrogens with one attached hydrogen (secondary N) is 1. The summed E-state index contributed by atoms with van der Waals surface area (Å²) in [7, 11) is 1.61. The van der Waals surface area contributed by atoms with E-state index in [0.717, 1.165) is 22.0 Å². The number of methoxy groups -OCH3 is 1. The second kappa shape index (κ2) is 5.95. The Kier molecular flexibility index (Phi) is 4.29. The molecule has 4 nitrogen and oxygen atoms in total. The van der Waals surface area contributed by atoms with Gasteiger partial charge in [-0.15, -0.1) is 11.3 Å². The molecule has 0 aliphatic rings. The van der Waals surface area contributed by atoms with Crippen molar-refractivity contribution in [2.24, 2.45) is 0 Å². The summed E-state index contributed by atoms with van der Waals surface area (Å²) >= 11 is 1.37. The van der Waals surface area contributed by atoms with Gasteiger partial charge < -0.3 is 10.1 Å². The molecule has 19 heavy (non-hydrogen) atoms. The average Bonchev–Trinajstić information content (AvgIpc) is 2.74. The minimum Gasteiger partial charge on any atom is -0.378 e. The first kappa shape index (κ1) is 13.7. The van der Waals surface area contributed by atoms with E-state index in [-0.39, 0.29) is 5.91 Å². The predicted octanol–water partition coefficient (Wildman–Crippen LogP) is 3.16. The number of hydrogen-bond acceptors (Lipinski definition) is 4. The Morgan fingerprint density at radius 1 is 1.37 bits per heavy atom. The lowest BCUT2D eigenvalue weighted by Gasteiger charge is -2.06. The van der Waals surface area contributed by atoms with Crippen LogP contribution in [0, 0.1) is 13.8 Å². The number of anilines is 1. The smallest absolute Gasteiger partial charge is 0.267 e. The van der Waals surface area contributed by atoms with Crippen LogP contribution in [0.4, 0.5) is 5.69 Å². The molecule has 0 saturated heterocycles. The third-order valence-electron chi connectivity index (χ3n) is 2.71. The molecule has 1 heterocycles. The van der Waals surface area contributed by atoms with Gasteiger partial charge in [0.1, 0.15) is 9.88 Å². The van der Waals surface area contributed by atoms with E-state index in [2.05, 4.69) is 10.3 Å². The van der Waals surface area contributed by atoms with Crippen molar-refractivity contribution in [2.45, 2.75) is 20.5 Å². The Morgan fingerprint density at radius 3 is 2.79 bits per heavy atom. The molecule has 0 atom stereocenters. The van der Waals surface area contributed by atoms with Gasteiger partial charge in [-0.1, -0.05) is 18.2 Å². The molecular weight excluding hydrogens is 260 g/mol. The average molecular weight is 276 g/mol. The first-order valence-corrected chi connectivity index (χ1v) is 6.75. The van der Waals surface area contributed by atoms with Crippen LogP contribution in [0.3, 0.4) is 0 Å². The molecule has 1 amide bonds. The van der Waals surface area contributed by atoms with E-state index < -0.39 is 0 Å². The molecule has 1 N–H and O–H groups in total. The van der Waals surface area contributed by atoms with Crippen molar-refractivity contribution in [1.29, 1.82) is 0 Å². The Morgan fingerprint density at radius 2 is 2.11 bits per heavy atom. The standard InChI is InChI=1S/C14H16N2O2S/c1-9-6-4-5-7-11(9)16-14(17)13-10(2)15-12(19-13)8-18-3/h4-7H,8H2,1-3H3,(H,16,17). The summed E-state index contributed by atoms with van der Waals surface area (Å²) in [6, 6.07) is 7.70. The zero-order valence-electron chi connectivity index (χ0n) is 11.2. The largest absolute Gasteiger partial charge is 0.378 e. The van der Waals surface area contributed by atoms with Crippen LogP contribution in [-0.4, -0.2) is 18.0 Å². The number of nitrogens with zero attached hydrogens (tertiary/aromatic N) is 1. The van der Waals surface area contributed by atoms with Crippen molar-refractivity contribution in [3.05, 3.63) is 45.4 Å². The van der Waals surface area contributed by atoms with Crippen molar-refractivity contribution in [3.8, 4) is 0 Å². The highest BCUT2D eigenvalue weighted by atomic mass is 32.1. The molecule has 0 aliphatic carbocycles. The van der Waals surface area contributed by atoms with Crippen LogP contribution in [0.1, 0.15) is 25.9 Å². The topological polar surface area (TPSA) is 51.2 Å². The van der Waals surface area contributed by atoms with Gasteiger partial charge in [-0.3, -0.25) is 4.79 Å². The Labute approximate surface area is 116 Å². The molecule has 0 saturated carbocycles. The molecule has 5 heteroatoms. The fourth-order valence-corrected chi connectivity index (χ4v) is 2.67. The fourth-order valence-electron chi connectivity index (χ4n) is 1.74. The number of carbonyl (C=O) groups excluding carboxylic acids is 1. The van der Waals surface area contributed by atoms with E-state index in [1.807, 2.05) is 38.1 Å². The molecule has 1 aromatic carbocycles. The van der Waals surface area contributed by atoms with E-state index in [4.69, 9.17) is 4.74 Å². The predicted molar refractivity (Wildman–Crippen MR) is 76.7 cm³/mol. The second-order valence-electron chi connectivity index (χ2n) is 4.22. The van der Waals surface area contributed by atoms with Crippen LogP contribution in [0.15, 0.2) is 24.3 Å². The van der Waals surface area contributed by atoms with Gasteiger partial charge in [0, 0.05) is 12.8 Å². The molecule has 1 aromatic heterocycles. The van der Waals surface area contributed by atoms with Gasteiger partial charge in [0.25, 0.3) is 5.91 Å². The van der Waals surface area contributed by atoms with Crippen LogP contribution in [0.5, 0.6) is 0 Å². The number of para-hydroxylation sites is 1. The minimum absolute atomic E-state index is 0.119. The summed E-state index contributed by atoms with van der Waals surface area (Å²) in [5.41, 5.74) is 2.60. The zero-order valence-corrected chi connectivity index (χ0v) is 12.0. The van der Waals surface area contributed by atoms with Crippen molar-refractivity contribution in [3.63, 3.8) is 0 Å². The van der Waals surface area contributed by atoms with Crippen LogP contribution in [0.25, 0.3) is 0 Å². The Balaban J connectivity index is 2.18. The first-order chi connectivity index (χ1) is 9.11. The number of thiazole rings is 1. The molecule has 0 aliphatic heterocycles. The second-order valence-corrected chi connectivity index (χ2v) is 5.31. The summed E-state index contributed by atoms with van der Waals surface area (Å²) in [6.45, 7) is 4.23. The minimum atomic E-state index is -0.119. The van der Waals surface area contributed by atoms with Crippen molar-refractivity contribution in [2.75, 3.05) is 12.4 Å². The van der Waals surface area contributed by atoms with E-state index in [0.29, 0.717) is 11.5 Å². The fraction of sp³-hybridized carbons (Fsp3) is 0.286. The Hall–Kier alpha value is -1.72. The third kappa shape index (κ3) is 3.19. The van der Waals surface area contributed by atoms with Gasteiger partial charge in [0.05, 0.1) is 12.3 Å². The molecule has 0 radical (unpaired) electrons. The number of aromatic nitrogens is 1. The SMILES string of the molecule is COCc1nc(C)c(C(=O)Nc2ccccc2C)s1. The molecular formula is C14H16N2O2S. The summed E-state index contributed by atoms with van der Waals surface area (Å²) in [4.78, 5) is 17.2. The highest BCUT2D eigenvalue weighted by Gasteiger charge is 2.15. The molecule has 0 bridgehead atoms. The van der Waals surface area contributed by atoms with Gasteiger partial charge in [0.2, 0.25) is 0 Å². The van der Waals surface area contributed by atoms with E-state index in [9.17, 15) is 4.79 Å². The zero-order chi connectivity index (χ0) is 13.8. The highest BCUT2D eigenvalue weighted by molar-refractivity contribution is 7.13. The molecule has 0 unspecified atom stereocenters. The number of benzene rings is 1. The lowest BCUT2D eigenvalue weighted by atomic mass is 10.2. The number of carbonyl (C=O) groups is 1. The van der Waals surface area contributed by atoms with Crippen LogP contribution in [-0.2, 0) is 11.3 Å². The number of ether oxygens (including phenoxy) is 1. The molecule has 2 rings (SSSR count). The summed E-state index contributed by atoms with van der Waals surface area (Å²) in [5.74, 6) is -0.119. The van der Waals surface area contributed by atoms with Gasteiger partial charge in [-0.25, -0.2) is 4.98 Å². The normalized spacial score (nSPS) is 10.5. The van der Waals surface area contributed by atoms with Gasteiger partial charge in [-0.05, 0) is 25.5 Å². The van der Waals surface area contributed by atoms with E-state index >= 15 is 0 Å². The number of hydrogen-bond donors (Lipinski definition) is 1. The van der Waals surface area contributed by atoms with Gasteiger partial charge in [0.15, 0.2) is 0 Å². The number of rotatable bonds is 4. The molecule has 0 fully saturated rings. The molecule has 0 spiro atoms. The lowest BCUT2D eigenvalue weighted by Crippen LogP contribution is -2.12. The van der Waals surface area contributed by atoms with Crippen LogP contribution in [0.2, 0.25) is 0 Å². The Bertz CT molecular complexity index is 593. The maximum absolute atomic E-state index is 12.2. The summed E-state index contributed by atoms with van der Waals surface area (Å²) in [6.07, 6.45) is 0. The summed E-state index contributed by atoms with van der Waals surface area (Å²) < 4.78 is 5.03. The van der Waals surface area contributed by atoms with Crippen molar-refractivity contribution in [1.82, 2.24) is 4.98 Å². The summed E-state index contributed by atoms with van der Waals surface area (Å²) in [5, 5.41) is 3.73. The maximum Gasteiger partial charge on any atom is 0.267 e. The van der Waals surface area contributed by atoms with Crippen LogP contribution >= 0.6 is 11.3 Å². The number of aryl methyl sites for hydroxylation is 2. The van der Waals surface area contributed by atoms with Crippen LogP contribution < -0.4 is 5.32 Å². The third-order valence-corrected chi connectivity index (χ3v) is 3.84. The van der Waals surface area contributed by atoms with E-state index in [1.165, 1.54) is 11.3 Å².